The van der Waals surface area contributed by atoms with Gasteiger partial charge in [0.05, 0.1) is 24.6 Å². The second kappa shape index (κ2) is 11.6. The number of hydrogen-bond donors (Lipinski definition) is 4. The number of urea groups is 1. The van der Waals surface area contributed by atoms with Crippen molar-refractivity contribution in [2.45, 2.75) is 38.6 Å². The first-order chi connectivity index (χ1) is 17.0. The zero-order valence-corrected chi connectivity index (χ0v) is 20.4. The Morgan fingerprint density at radius 1 is 1.17 bits per heavy atom. The van der Waals surface area contributed by atoms with Crippen LogP contribution in [0.4, 0.5) is 29.3 Å². The third-order valence-corrected chi connectivity index (χ3v) is 6.05. The zero-order chi connectivity index (χ0) is 26.5. The molecule has 1 heterocycles. The average Bonchev–Trinajstić information content (AvgIpc) is 2.86. The van der Waals surface area contributed by atoms with Gasteiger partial charge in [-0.05, 0) is 56.4 Å². The molecule has 0 bridgehead atoms. The van der Waals surface area contributed by atoms with Crippen LogP contribution in [0.25, 0.3) is 0 Å². The van der Waals surface area contributed by atoms with E-state index in [1.54, 1.807) is 30.0 Å². The number of nitrogens with zero attached hydrogens (tertiary/aromatic N) is 1. The van der Waals surface area contributed by atoms with E-state index >= 15 is 0 Å². The monoisotopic (exact) mass is 508 g/mol. The van der Waals surface area contributed by atoms with Gasteiger partial charge in [0.1, 0.15) is 11.9 Å². The molecule has 36 heavy (non-hydrogen) atoms. The fourth-order valence-electron chi connectivity index (χ4n) is 3.99. The fraction of sp³-hybridized carbons (Fsp3) is 0.440. The normalized spacial score (nSPS) is 19.3. The molecule has 196 valence electrons. The number of anilines is 2. The first-order valence-corrected chi connectivity index (χ1v) is 11.6. The molecular weight excluding hydrogens is 477 g/mol. The van der Waals surface area contributed by atoms with Gasteiger partial charge in [-0.3, -0.25) is 4.79 Å². The quantitative estimate of drug-likeness (QED) is 0.477. The number of amides is 3. The van der Waals surface area contributed by atoms with Crippen LogP contribution in [0.15, 0.2) is 42.5 Å². The van der Waals surface area contributed by atoms with Crippen LogP contribution in [0.2, 0.25) is 0 Å². The van der Waals surface area contributed by atoms with Crippen molar-refractivity contribution in [2.75, 3.05) is 37.4 Å². The number of fused-ring (bicyclic) bond motifs is 1. The molecule has 8 nitrogen and oxygen atoms in total. The van der Waals surface area contributed by atoms with Gasteiger partial charge in [-0.15, -0.1) is 0 Å². The molecule has 3 atom stereocenters. The first-order valence-electron chi connectivity index (χ1n) is 11.6. The lowest BCUT2D eigenvalue weighted by Gasteiger charge is -2.32. The van der Waals surface area contributed by atoms with E-state index < -0.39 is 17.8 Å². The molecule has 4 N–H and O–H groups in total. The summed E-state index contributed by atoms with van der Waals surface area (Å²) >= 11 is 0. The van der Waals surface area contributed by atoms with Crippen LogP contribution in [-0.4, -0.2) is 60.8 Å². The Balaban J connectivity index is 1.80. The van der Waals surface area contributed by atoms with Crippen LogP contribution in [0.1, 0.15) is 25.0 Å². The summed E-state index contributed by atoms with van der Waals surface area (Å²) in [6, 6.07) is 8.02. The molecule has 0 fully saturated rings. The summed E-state index contributed by atoms with van der Waals surface area (Å²) in [6.45, 7) is 4.56. The Bertz CT molecular complexity index is 1060. The number of benzene rings is 2. The van der Waals surface area contributed by atoms with Crippen molar-refractivity contribution < 1.29 is 32.6 Å². The highest BCUT2D eigenvalue weighted by Gasteiger charge is 2.31. The molecule has 0 aliphatic carbocycles. The summed E-state index contributed by atoms with van der Waals surface area (Å²) in [5.41, 5.74) is 0.330. The predicted molar refractivity (Wildman–Crippen MR) is 130 cm³/mol. The third kappa shape index (κ3) is 6.88. The van der Waals surface area contributed by atoms with Crippen LogP contribution < -0.4 is 20.7 Å². The van der Waals surface area contributed by atoms with E-state index in [0.29, 0.717) is 30.1 Å². The number of likely N-dealkylation sites (N-methyl/N-ethyl adjacent to an activating group) is 1. The maximum absolute atomic E-state index is 13.1. The smallest absolute Gasteiger partial charge is 0.416 e. The Kier molecular flexibility index (Phi) is 8.80. The molecule has 0 unspecified atom stereocenters. The number of rotatable bonds is 6. The van der Waals surface area contributed by atoms with Gasteiger partial charge in [-0.2, -0.15) is 13.2 Å². The third-order valence-electron chi connectivity index (χ3n) is 6.05. The second-order valence-corrected chi connectivity index (χ2v) is 8.92. The maximum Gasteiger partial charge on any atom is 0.416 e. The Hall–Kier alpha value is -3.31. The van der Waals surface area contributed by atoms with Crippen LogP contribution in [-0.2, 0) is 17.4 Å². The summed E-state index contributed by atoms with van der Waals surface area (Å²) in [5.74, 6) is 0.320. The standard InChI is InChI=1S/C25H31F3N4O4/c1-15-13-32(16(2)14-33)23(34)11-17-10-20(8-9-21(17)36-22(15)12-29-3)31-24(35)30-19-6-4-18(5-7-19)25(26,27)28/h4-10,15-16,22,29,33H,11-14H2,1-3H3,(H2,30,31,35)/t15-,16-,22+/m1/s1. The van der Waals surface area contributed by atoms with Gasteiger partial charge < -0.3 is 30.7 Å². The highest BCUT2D eigenvalue weighted by atomic mass is 19.4. The van der Waals surface area contributed by atoms with Gasteiger partial charge in [0.25, 0.3) is 0 Å². The topological polar surface area (TPSA) is 103 Å². The van der Waals surface area contributed by atoms with E-state index in [2.05, 4.69) is 16.0 Å². The molecule has 0 radical (unpaired) electrons. The maximum atomic E-state index is 13.1. The number of carbonyl (C=O) groups is 2. The highest BCUT2D eigenvalue weighted by Crippen LogP contribution is 2.31. The Morgan fingerprint density at radius 2 is 1.81 bits per heavy atom. The predicted octanol–water partition coefficient (Wildman–Crippen LogP) is 3.72. The van der Waals surface area contributed by atoms with Crippen LogP contribution in [0.3, 0.4) is 0 Å². The molecule has 0 spiro atoms. The summed E-state index contributed by atoms with van der Waals surface area (Å²) in [5, 5.41) is 17.9. The number of aliphatic hydroxyl groups is 1. The van der Waals surface area contributed by atoms with E-state index in [4.69, 9.17) is 4.74 Å². The number of nitrogens with one attached hydrogen (secondary N) is 3. The molecule has 2 aromatic rings. The van der Waals surface area contributed by atoms with E-state index in [-0.39, 0.29) is 42.7 Å². The minimum absolute atomic E-state index is 0.00864. The number of halogens is 3. The molecule has 0 saturated heterocycles. The lowest BCUT2D eigenvalue weighted by atomic mass is 10.0. The minimum atomic E-state index is -4.46. The summed E-state index contributed by atoms with van der Waals surface area (Å²) in [6.07, 6.45) is -4.70. The van der Waals surface area contributed by atoms with Crippen molar-refractivity contribution in [1.82, 2.24) is 10.2 Å². The lowest BCUT2D eigenvalue weighted by molar-refractivity contribution is -0.137. The van der Waals surface area contributed by atoms with Gasteiger partial charge in [-0.25, -0.2) is 4.79 Å². The lowest BCUT2D eigenvalue weighted by Crippen LogP contribution is -2.47. The molecule has 11 heteroatoms. The molecule has 1 aliphatic rings. The number of alkyl halides is 3. The number of hydrogen-bond acceptors (Lipinski definition) is 5. The Morgan fingerprint density at radius 3 is 2.42 bits per heavy atom. The molecule has 3 amide bonds. The molecule has 0 aromatic heterocycles. The van der Waals surface area contributed by atoms with Gasteiger partial charge >= 0.3 is 12.2 Å². The molecule has 0 saturated carbocycles. The van der Waals surface area contributed by atoms with Gasteiger partial charge in [0, 0.05) is 35.9 Å². The van der Waals surface area contributed by atoms with E-state index in [1.807, 2.05) is 14.0 Å². The highest BCUT2D eigenvalue weighted by molar-refractivity contribution is 6.00. The van der Waals surface area contributed by atoms with Crippen LogP contribution in [0.5, 0.6) is 5.75 Å². The summed E-state index contributed by atoms with van der Waals surface area (Å²) < 4.78 is 44.5. The SMILES string of the molecule is CNC[C@@H]1Oc2ccc(NC(=O)Nc3ccc(C(F)(F)F)cc3)cc2CC(=O)N([C@H](C)CO)C[C@H]1C. The van der Waals surface area contributed by atoms with Gasteiger partial charge in [0.15, 0.2) is 0 Å². The minimum Gasteiger partial charge on any atom is -0.488 e. The van der Waals surface area contributed by atoms with E-state index in [0.717, 1.165) is 12.1 Å². The number of ether oxygens (including phenoxy) is 1. The van der Waals surface area contributed by atoms with E-state index in [1.165, 1.54) is 12.1 Å². The van der Waals surface area contributed by atoms with Crippen molar-refractivity contribution in [3.05, 3.63) is 53.6 Å². The fourth-order valence-corrected chi connectivity index (χ4v) is 3.99. The van der Waals surface area contributed by atoms with Crippen molar-refractivity contribution in [1.29, 1.82) is 0 Å². The summed E-state index contributed by atoms with van der Waals surface area (Å²) in [4.78, 5) is 27.2. The van der Waals surface area contributed by atoms with Crippen molar-refractivity contribution in [3.63, 3.8) is 0 Å². The van der Waals surface area contributed by atoms with Crippen molar-refractivity contribution in [2.24, 2.45) is 5.92 Å². The van der Waals surface area contributed by atoms with E-state index in [9.17, 15) is 27.9 Å². The average molecular weight is 509 g/mol. The zero-order valence-electron chi connectivity index (χ0n) is 20.4. The van der Waals surface area contributed by atoms with Gasteiger partial charge in [-0.1, -0.05) is 6.92 Å². The molecule has 2 aromatic carbocycles. The van der Waals surface area contributed by atoms with Crippen molar-refractivity contribution >= 4 is 23.3 Å². The number of aliphatic hydroxyl groups excluding tert-OH is 1. The largest absolute Gasteiger partial charge is 0.488 e. The van der Waals surface area contributed by atoms with Gasteiger partial charge in [0.2, 0.25) is 5.91 Å². The van der Waals surface area contributed by atoms with Crippen LogP contribution in [0, 0.1) is 5.92 Å². The second-order valence-electron chi connectivity index (χ2n) is 8.92. The van der Waals surface area contributed by atoms with Crippen molar-refractivity contribution in [3.8, 4) is 5.75 Å². The number of carbonyl (C=O) groups excluding carboxylic acids is 2. The molecular formula is C25H31F3N4O4. The first kappa shape index (κ1) is 27.3. The molecule has 3 rings (SSSR count). The Labute approximate surface area is 207 Å². The molecule has 1 aliphatic heterocycles. The van der Waals surface area contributed by atoms with Crippen LogP contribution >= 0.6 is 0 Å². The summed E-state index contributed by atoms with van der Waals surface area (Å²) in [7, 11) is 1.81.